The number of hydrogen-bond donors (Lipinski definition) is 1. The minimum Gasteiger partial charge on any atom is -0.280 e. The average molecular weight is 277 g/mol. The fraction of sp³-hybridized carbons (Fsp3) is 0.250. The van der Waals surface area contributed by atoms with Crippen molar-refractivity contribution in [3.8, 4) is 10.6 Å². The Labute approximate surface area is 114 Å². The van der Waals surface area contributed by atoms with Crippen LogP contribution in [0.2, 0.25) is 0 Å². The van der Waals surface area contributed by atoms with Gasteiger partial charge in [-0.2, -0.15) is 12.6 Å². The second-order valence-electron chi connectivity index (χ2n) is 4.08. The summed E-state index contributed by atoms with van der Waals surface area (Å²) in [7, 11) is 0. The number of thiol groups is 1. The number of carbonyl (C=O) groups excluding carboxylic acids is 1. The molecule has 3 heterocycles. The minimum atomic E-state index is 0.0401. The van der Waals surface area contributed by atoms with Crippen LogP contribution in [0.1, 0.15) is 6.42 Å². The first-order chi connectivity index (χ1) is 8.74. The number of thiophene rings is 1. The van der Waals surface area contributed by atoms with E-state index in [1.807, 2.05) is 23.6 Å². The molecule has 2 aromatic heterocycles. The lowest BCUT2D eigenvalue weighted by Crippen LogP contribution is -2.26. The first-order valence-electron chi connectivity index (χ1n) is 5.59. The SMILES string of the molecule is O=C1CC(S)CN1c1nccc(-c2cccs2)n1. The molecule has 4 nitrogen and oxygen atoms in total. The van der Waals surface area contributed by atoms with Gasteiger partial charge < -0.3 is 0 Å². The van der Waals surface area contributed by atoms with Gasteiger partial charge in [0.15, 0.2) is 0 Å². The van der Waals surface area contributed by atoms with Gasteiger partial charge in [-0.3, -0.25) is 9.69 Å². The Bertz CT molecular complexity index is 570. The molecule has 6 heteroatoms. The van der Waals surface area contributed by atoms with Gasteiger partial charge in [0.25, 0.3) is 0 Å². The largest absolute Gasteiger partial charge is 0.280 e. The summed E-state index contributed by atoms with van der Waals surface area (Å²) in [4.78, 5) is 23.1. The Morgan fingerprint density at radius 1 is 1.44 bits per heavy atom. The smallest absolute Gasteiger partial charge is 0.232 e. The van der Waals surface area contributed by atoms with E-state index in [0.29, 0.717) is 18.9 Å². The van der Waals surface area contributed by atoms with E-state index in [1.165, 1.54) is 0 Å². The number of anilines is 1. The Morgan fingerprint density at radius 2 is 2.33 bits per heavy atom. The van der Waals surface area contributed by atoms with E-state index >= 15 is 0 Å². The normalized spacial score (nSPS) is 19.5. The van der Waals surface area contributed by atoms with E-state index in [1.54, 1.807) is 22.4 Å². The molecule has 0 aromatic carbocycles. The lowest BCUT2D eigenvalue weighted by Gasteiger charge is -2.13. The van der Waals surface area contributed by atoms with Crippen LogP contribution >= 0.6 is 24.0 Å². The lowest BCUT2D eigenvalue weighted by molar-refractivity contribution is -0.117. The first kappa shape index (κ1) is 11.7. The Balaban J connectivity index is 1.94. The van der Waals surface area contributed by atoms with Crippen LogP contribution in [0, 0.1) is 0 Å². The maximum atomic E-state index is 11.8. The summed E-state index contributed by atoms with van der Waals surface area (Å²) in [6.07, 6.45) is 2.15. The monoisotopic (exact) mass is 277 g/mol. The van der Waals surface area contributed by atoms with Crippen molar-refractivity contribution < 1.29 is 4.79 Å². The van der Waals surface area contributed by atoms with Gasteiger partial charge in [0.05, 0.1) is 10.6 Å². The Morgan fingerprint density at radius 3 is 3.00 bits per heavy atom. The Kier molecular flexibility index (Phi) is 3.05. The maximum Gasteiger partial charge on any atom is 0.232 e. The molecule has 0 radical (unpaired) electrons. The number of nitrogens with zero attached hydrogens (tertiary/aromatic N) is 3. The maximum absolute atomic E-state index is 11.8. The molecule has 1 atom stereocenters. The average Bonchev–Trinajstić information content (AvgIpc) is 2.99. The predicted molar refractivity (Wildman–Crippen MR) is 75.1 cm³/mol. The highest BCUT2D eigenvalue weighted by Crippen LogP contribution is 2.26. The molecule has 18 heavy (non-hydrogen) atoms. The molecule has 3 rings (SSSR count). The number of amides is 1. The van der Waals surface area contributed by atoms with Crippen molar-refractivity contribution in [2.75, 3.05) is 11.4 Å². The van der Waals surface area contributed by atoms with Crippen LogP contribution in [-0.2, 0) is 4.79 Å². The Hall–Kier alpha value is -1.40. The second kappa shape index (κ2) is 4.70. The third-order valence-electron chi connectivity index (χ3n) is 2.76. The van der Waals surface area contributed by atoms with Gasteiger partial charge in [-0.15, -0.1) is 11.3 Å². The van der Waals surface area contributed by atoms with Crippen LogP contribution in [0.15, 0.2) is 29.8 Å². The van der Waals surface area contributed by atoms with Crippen LogP contribution < -0.4 is 4.90 Å². The van der Waals surface area contributed by atoms with Crippen molar-refractivity contribution in [2.24, 2.45) is 0 Å². The van der Waals surface area contributed by atoms with Crippen LogP contribution in [0.25, 0.3) is 10.6 Å². The first-order valence-corrected chi connectivity index (χ1v) is 6.99. The summed E-state index contributed by atoms with van der Waals surface area (Å²) >= 11 is 5.95. The fourth-order valence-corrected chi connectivity index (χ4v) is 2.94. The van der Waals surface area contributed by atoms with E-state index in [-0.39, 0.29) is 11.2 Å². The molecule has 1 aliphatic rings. The molecule has 0 N–H and O–H groups in total. The molecule has 1 unspecified atom stereocenters. The highest BCUT2D eigenvalue weighted by Gasteiger charge is 2.30. The van der Waals surface area contributed by atoms with Crippen molar-refractivity contribution >= 4 is 35.8 Å². The van der Waals surface area contributed by atoms with E-state index in [0.717, 1.165) is 10.6 Å². The molecule has 1 fully saturated rings. The topological polar surface area (TPSA) is 46.1 Å². The van der Waals surface area contributed by atoms with E-state index in [9.17, 15) is 4.79 Å². The second-order valence-corrected chi connectivity index (χ2v) is 5.76. The van der Waals surface area contributed by atoms with Crippen LogP contribution in [-0.4, -0.2) is 27.7 Å². The van der Waals surface area contributed by atoms with Crippen molar-refractivity contribution in [2.45, 2.75) is 11.7 Å². The van der Waals surface area contributed by atoms with Crippen LogP contribution in [0.4, 0.5) is 5.95 Å². The summed E-state index contributed by atoms with van der Waals surface area (Å²) in [5.74, 6) is 0.515. The van der Waals surface area contributed by atoms with Gasteiger partial charge in [0.1, 0.15) is 0 Å². The number of aromatic nitrogens is 2. The molecule has 0 saturated carbocycles. The lowest BCUT2D eigenvalue weighted by atomic mass is 10.3. The standard InChI is InChI=1S/C12H11N3OS2/c16-11-6-8(17)7-15(11)12-13-4-3-9(14-12)10-2-1-5-18-10/h1-5,8,17H,6-7H2. The molecule has 92 valence electrons. The quantitative estimate of drug-likeness (QED) is 0.856. The summed E-state index contributed by atoms with van der Waals surface area (Å²) in [6.45, 7) is 0.579. The molecule has 1 aliphatic heterocycles. The number of carbonyl (C=O) groups is 1. The molecule has 2 aromatic rings. The predicted octanol–water partition coefficient (Wildman–Crippen LogP) is 2.24. The molecule has 1 saturated heterocycles. The van der Waals surface area contributed by atoms with Gasteiger partial charge in [0.2, 0.25) is 11.9 Å². The zero-order valence-electron chi connectivity index (χ0n) is 9.48. The third-order valence-corrected chi connectivity index (χ3v) is 4.00. The van der Waals surface area contributed by atoms with E-state index < -0.39 is 0 Å². The molecule has 0 spiro atoms. The summed E-state index contributed by atoms with van der Waals surface area (Å²) in [5, 5.41) is 2.08. The molecular weight excluding hydrogens is 266 g/mol. The third kappa shape index (κ3) is 2.13. The van der Waals surface area contributed by atoms with Gasteiger partial charge in [-0.1, -0.05) is 6.07 Å². The number of rotatable bonds is 2. The van der Waals surface area contributed by atoms with E-state index in [2.05, 4.69) is 22.6 Å². The van der Waals surface area contributed by atoms with Gasteiger partial charge >= 0.3 is 0 Å². The zero-order valence-corrected chi connectivity index (χ0v) is 11.2. The molecule has 0 aliphatic carbocycles. The van der Waals surface area contributed by atoms with Crippen molar-refractivity contribution in [1.29, 1.82) is 0 Å². The van der Waals surface area contributed by atoms with Crippen LogP contribution in [0.5, 0.6) is 0 Å². The fourth-order valence-electron chi connectivity index (χ4n) is 1.92. The van der Waals surface area contributed by atoms with Gasteiger partial charge in [-0.05, 0) is 17.5 Å². The summed E-state index contributed by atoms with van der Waals surface area (Å²) in [6, 6.07) is 5.84. The summed E-state index contributed by atoms with van der Waals surface area (Å²) in [5.41, 5.74) is 0.852. The molecule has 1 amide bonds. The molecule has 0 bridgehead atoms. The minimum absolute atomic E-state index is 0.0401. The highest BCUT2D eigenvalue weighted by atomic mass is 32.1. The van der Waals surface area contributed by atoms with Crippen molar-refractivity contribution in [1.82, 2.24) is 9.97 Å². The highest BCUT2D eigenvalue weighted by molar-refractivity contribution is 7.81. The van der Waals surface area contributed by atoms with Crippen molar-refractivity contribution in [3.63, 3.8) is 0 Å². The van der Waals surface area contributed by atoms with E-state index in [4.69, 9.17) is 0 Å². The van der Waals surface area contributed by atoms with Gasteiger partial charge in [0, 0.05) is 24.4 Å². The zero-order chi connectivity index (χ0) is 12.5. The summed E-state index contributed by atoms with van der Waals surface area (Å²) < 4.78 is 0. The van der Waals surface area contributed by atoms with Crippen LogP contribution in [0.3, 0.4) is 0 Å². The van der Waals surface area contributed by atoms with Gasteiger partial charge in [-0.25, -0.2) is 9.97 Å². The number of hydrogen-bond acceptors (Lipinski definition) is 5. The molecular formula is C12H11N3OS2. The van der Waals surface area contributed by atoms with Crippen molar-refractivity contribution in [3.05, 3.63) is 29.8 Å².